The Balaban J connectivity index is 2.89. The van der Waals surface area contributed by atoms with Gasteiger partial charge in [0.15, 0.2) is 0 Å². The second kappa shape index (κ2) is 5.77. The molecule has 0 fully saturated rings. The van der Waals surface area contributed by atoms with Gasteiger partial charge >= 0.3 is 5.97 Å². The van der Waals surface area contributed by atoms with Gasteiger partial charge < -0.3 is 4.74 Å². The molecule has 1 aromatic rings. The van der Waals surface area contributed by atoms with Crippen LogP contribution in [0.25, 0.3) is 0 Å². The van der Waals surface area contributed by atoms with Gasteiger partial charge in [-0.3, -0.25) is 4.79 Å². The van der Waals surface area contributed by atoms with Crippen LogP contribution in [-0.2, 0) is 16.0 Å². The SMILES string of the molecule is CC(C)OC(=O)c1ccc(CC(=O)Cl)cc1F. The van der Waals surface area contributed by atoms with Crippen LogP contribution in [0.5, 0.6) is 0 Å². The van der Waals surface area contributed by atoms with Crippen molar-refractivity contribution in [1.29, 1.82) is 0 Å². The van der Waals surface area contributed by atoms with Crippen molar-refractivity contribution >= 4 is 22.8 Å². The smallest absolute Gasteiger partial charge is 0.341 e. The largest absolute Gasteiger partial charge is 0.459 e. The summed E-state index contributed by atoms with van der Waals surface area (Å²) in [5, 5.41) is -0.582. The first-order chi connectivity index (χ1) is 7.90. The Morgan fingerprint density at radius 1 is 1.41 bits per heavy atom. The van der Waals surface area contributed by atoms with Gasteiger partial charge in [-0.15, -0.1) is 0 Å². The van der Waals surface area contributed by atoms with Crippen molar-refractivity contribution in [2.24, 2.45) is 0 Å². The molecule has 0 heterocycles. The first-order valence-corrected chi connectivity index (χ1v) is 5.45. The average molecular weight is 259 g/mol. The molecule has 0 bridgehead atoms. The van der Waals surface area contributed by atoms with Crippen molar-refractivity contribution < 1.29 is 18.7 Å². The fraction of sp³-hybridized carbons (Fsp3) is 0.333. The summed E-state index contributed by atoms with van der Waals surface area (Å²) in [5.74, 6) is -1.44. The zero-order valence-corrected chi connectivity index (χ0v) is 10.3. The third kappa shape index (κ3) is 4.15. The van der Waals surface area contributed by atoms with Crippen LogP contribution in [0.15, 0.2) is 18.2 Å². The Bertz CT molecular complexity index is 443. The zero-order valence-electron chi connectivity index (χ0n) is 9.50. The van der Waals surface area contributed by atoms with Gasteiger partial charge in [0.1, 0.15) is 5.82 Å². The van der Waals surface area contributed by atoms with Crippen molar-refractivity contribution in [2.45, 2.75) is 26.4 Å². The molecule has 0 spiro atoms. The fourth-order valence-corrected chi connectivity index (χ4v) is 1.43. The van der Waals surface area contributed by atoms with E-state index in [9.17, 15) is 14.0 Å². The van der Waals surface area contributed by atoms with E-state index < -0.39 is 17.0 Å². The molecule has 0 aromatic heterocycles. The normalized spacial score (nSPS) is 10.4. The van der Waals surface area contributed by atoms with Crippen LogP contribution < -0.4 is 0 Å². The Hall–Kier alpha value is -1.42. The molecule has 0 radical (unpaired) electrons. The van der Waals surface area contributed by atoms with Crippen LogP contribution in [0.1, 0.15) is 29.8 Å². The second-order valence-electron chi connectivity index (χ2n) is 3.80. The molecular formula is C12H12ClFO3. The molecule has 0 unspecified atom stereocenters. The highest BCUT2D eigenvalue weighted by molar-refractivity contribution is 6.63. The lowest BCUT2D eigenvalue weighted by atomic mass is 10.1. The van der Waals surface area contributed by atoms with Gasteiger partial charge in [-0.1, -0.05) is 6.07 Å². The van der Waals surface area contributed by atoms with Gasteiger partial charge in [-0.05, 0) is 43.1 Å². The number of esters is 1. The van der Waals surface area contributed by atoms with Crippen LogP contribution in [0.4, 0.5) is 4.39 Å². The zero-order chi connectivity index (χ0) is 13.0. The molecule has 1 rings (SSSR count). The number of ether oxygens (including phenoxy) is 1. The van der Waals surface area contributed by atoms with E-state index in [0.29, 0.717) is 5.56 Å². The van der Waals surface area contributed by atoms with Gasteiger partial charge in [0.2, 0.25) is 5.24 Å². The highest BCUT2D eigenvalue weighted by Crippen LogP contribution is 2.13. The van der Waals surface area contributed by atoms with Crippen molar-refractivity contribution in [3.63, 3.8) is 0 Å². The molecule has 0 saturated heterocycles. The maximum absolute atomic E-state index is 13.5. The average Bonchev–Trinajstić information content (AvgIpc) is 2.14. The van der Waals surface area contributed by atoms with E-state index in [1.165, 1.54) is 12.1 Å². The Morgan fingerprint density at radius 2 is 2.06 bits per heavy atom. The summed E-state index contributed by atoms with van der Waals surface area (Å²) in [4.78, 5) is 22.1. The number of halogens is 2. The molecule has 0 aliphatic rings. The van der Waals surface area contributed by atoms with Gasteiger partial charge in [0.25, 0.3) is 0 Å². The lowest BCUT2D eigenvalue weighted by Crippen LogP contribution is -2.13. The molecule has 0 saturated carbocycles. The maximum atomic E-state index is 13.5. The van der Waals surface area contributed by atoms with Crippen LogP contribution in [0, 0.1) is 5.82 Å². The molecule has 0 N–H and O–H groups in total. The molecule has 17 heavy (non-hydrogen) atoms. The lowest BCUT2D eigenvalue weighted by Gasteiger charge is -2.09. The summed E-state index contributed by atoms with van der Waals surface area (Å²) < 4.78 is 18.4. The summed E-state index contributed by atoms with van der Waals surface area (Å²) in [6.07, 6.45) is -0.385. The van der Waals surface area contributed by atoms with E-state index in [0.717, 1.165) is 6.07 Å². The van der Waals surface area contributed by atoms with E-state index in [1.54, 1.807) is 13.8 Å². The first-order valence-electron chi connectivity index (χ1n) is 5.08. The fourth-order valence-electron chi connectivity index (χ4n) is 1.27. The van der Waals surface area contributed by atoms with Gasteiger partial charge in [-0.2, -0.15) is 0 Å². The van der Waals surface area contributed by atoms with E-state index in [-0.39, 0.29) is 18.1 Å². The minimum Gasteiger partial charge on any atom is -0.459 e. The topological polar surface area (TPSA) is 43.4 Å². The molecule has 3 nitrogen and oxygen atoms in total. The highest BCUT2D eigenvalue weighted by Gasteiger charge is 2.15. The molecule has 0 atom stereocenters. The molecule has 0 aliphatic heterocycles. The molecule has 5 heteroatoms. The van der Waals surface area contributed by atoms with E-state index in [4.69, 9.17) is 16.3 Å². The summed E-state index contributed by atoms with van der Waals surface area (Å²) >= 11 is 5.18. The van der Waals surface area contributed by atoms with Gasteiger partial charge in [0, 0.05) is 6.42 Å². The predicted octanol–water partition coefficient (Wildman–Crippen LogP) is 2.70. The third-order valence-corrected chi connectivity index (χ3v) is 2.07. The summed E-state index contributed by atoms with van der Waals surface area (Å²) in [6, 6.07) is 3.87. The third-order valence-electron chi connectivity index (χ3n) is 1.94. The molecule has 0 aliphatic carbocycles. The number of benzene rings is 1. The minimum atomic E-state index is -0.721. The highest BCUT2D eigenvalue weighted by atomic mass is 35.5. The van der Waals surface area contributed by atoms with Crippen molar-refractivity contribution in [1.82, 2.24) is 0 Å². The second-order valence-corrected chi connectivity index (χ2v) is 4.22. The van der Waals surface area contributed by atoms with Crippen LogP contribution in [0.2, 0.25) is 0 Å². The standard InChI is InChI=1S/C12H12ClFO3/c1-7(2)17-12(16)9-4-3-8(5-10(9)14)6-11(13)15/h3-5,7H,6H2,1-2H3. The number of hydrogen-bond donors (Lipinski definition) is 0. The number of rotatable bonds is 4. The van der Waals surface area contributed by atoms with E-state index in [2.05, 4.69) is 0 Å². The Labute approximate surface area is 104 Å². The molecular weight excluding hydrogens is 247 g/mol. The van der Waals surface area contributed by atoms with E-state index in [1.807, 2.05) is 0 Å². The first kappa shape index (κ1) is 13.6. The predicted molar refractivity (Wildman–Crippen MR) is 61.5 cm³/mol. The number of carbonyl (C=O) groups is 2. The summed E-state index contributed by atoms with van der Waals surface area (Å²) in [5.41, 5.74) is 0.271. The van der Waals surface area contributed by atoms with Gasteiger partial charge in [0.05, 0.1) is 11.7 Å². The van der Waals surface area contributed by atoms with Crippen molar-refractivity contribution in [3.8, 4) is 0 Å². The molecule has 92 valence electrons. The number of hydrogen-bond acceptors (Lipinski definition) is 3. The molecule has 1 aromatic carbocycles. The Kier molecular flexibility index (Phi) is 4.63. The number of carbonyl (C=O) groups excluding carboxylic acids is 2. The maximum Gasteiger partial charge on any atom is 0.341 e. The minimum absolute atomic E-state index is 0.0714. The lowest BCUT2D eigenvalue weighted by molar-refractivity contribution is -0.111. The summed E-state index contributed by atoms with van der Waals surface area (Å²) in [7, 11) is 0. The quantitative estimate of drug-likeness (QED) is 0.616. The van der Waals surface area contributed by atoms with Crippen molar-refractivity contribution in [3.05, 3.63) is 35.1 Å². The monoisotopic (exact) mass is 258 g/mol. The van der Waals surface area contributed by atoms with Crippen molar-refractivity contribution in [2.75, 3.05) is 0 Å². The van der Waals surface area contributed by atoms with Crippen LogP contribution in [-0.4, -0.2) is 17.3 Å². The van der Waals surface area contributed by atoms with E-state index >= 15 is 0 Å². The summed E-state index contributed by atoms with van der Waals surface area (Å²) in [6.45, 7) is 3.35. The van der Waals surface area contributed by atoms with Crippen LogP contribution in [0.3, 0.4) is 0 Å². The van der Waals surface area contributed by atoms with Gasteiger partial charge in [-0.25, -0.2) is 9.18 Å². The molecule has 0 amide bonds. The van der Waals surface area contributed by atoms with Crippen LogP contribution >= 0.6 is 11.6 Å². The Morgan fingerprint density at radius 3 is 2.53 bits per heavy atom.